The van der Waals surface area contributed by atoms with Crippen molar-refractivity contribution < 1.29 is 4.79 Å². The summed E-state index contributed by atoms with van der Waals surface area (Å²) in [6, 6.07) is 12.7. The van der Waals surface area contributed by atoms with Crippen molar-refractivity contribution in [2.45, 2.75) is 6.04 Å². The normalized spacial score (nSPS) is 17.1. The predicted octanol–water partition coefficient (Wildman–Crippen LogP) is 2.86. The minimum absolute atomic E-state index is 0.0831. The standard InChI is InChI=1S/C20H17BrClN7O/c21-14-3-1-2-13-16(14)26-20(25-15-10-23-8-9-24-19(15)30)29-18(13)27-17(28-29)11-4-6-12(22)7-5-11/h1-7,15,23H,8-10H2,(H,24,30)(H,25,26)/t15-/m1/s1. The zero-order valence-corrected chi connectivity index (χ0v) is 18.0. The summed E-state index contributed by atoms with van der Waals surface area (Å²) in [6.07, 6.45) is 0. The molecule has 1 aliphatic heterocycles. The van der Waals surface area contributed by atoms with Gasteiger partial charge in [0, 0.05) is 40.1 Å². The Morgan fingerprint density at radius 3 is 2.80 bits per heavy atom. The molecule has 0 spiro atoms. The van der Waals surface area contributed by atoms with Crippen molar-refractivity contribution in [1.29, 1.82) is 0 Å². The first kappa shape index (κ1) is 19.2. The lowest BCUT2D eigenvalue weighted by molar-refractivity contribution is -0.121. The van der Waals surface area contributed by atoms with Crippen LogP contribution in [-0.4, -0.2) is 51.2 Å². The van der Waals surface area contributed by atoms with Gasteiger partial charge in [0.15, 0.2) is 11.5 Å². The summed E-state index contributed by atoms with van der Waals surface area (Å²) in [4.78, 5) is 22.0. The molecule has 1 saturated heterocycles. The van der Waals surface area contributed by atoms with Crippen molar-refractivity contribution in [2.75, 3.05) is 25.0 Å². The van der Waals surface area contributed by atoms with E-state index in [2.05, 4.69) is 37.0 Å². The van der Waals surface area contributed by atoms with E-state index >= 15 is 0 Å². The first-order valence-corrected chi connectivity index (χ1v) is 10.6. The van der Waals surface area contributed by atoms with Crippen LogP contribution in [-0.2, 0) is 4.79 Å². The molecule has 2 aromatic heterocycles. The lowest BCUT2D eigenvalue weighted by Crippen LogP contribution is -2.42. The largest absolute Gasteiger partial charge is 0.353 e. The van der Waals surface area contributed by atoms with Gasteiger partial charge in [0.1, 0.15) is 6.04 Å². The zero-order chi connectivity index (χ0) is 20.7. The van der Waals surface area contributed by atoms with Crippen LogP contribution in [0.15, 0.2) is 46.9 Å². The Hall–Kier alpha value is -2.75. The van der Waals surface area contributed by atoms with E-state index in [9.17, 15) is 4.79 Å². The van der Waals surface area contributed by atoms with E-state index in [0.29, 0.717) is 35.5 Å². The third kappa shape index (κ3) is 3.49. The van der Waals surface area contributed by atoms with Crippen LogP contribution in [0.5, 0.6) is 0 Å². The molecule has 2 aromatic carbocycles. The Bertz CT molecular complexity index is 1260. The number of nitrogens with zero attached hydrogens (tertiary/aromatic N) is 4. The Kier molecular flexibility index (Phi) is 5.01. The highest BCUT2D eigenvalue weighted by molar-refractivity contribution is 9.10. The van der Waals surface area contributed by atoms with Crippen molar-refractivity contribution in [1.82, 2.24) is 30.2 Å². The SMILES string of the molecule is O=C1NCCNC[C@H]1Nc1nc2c(Br)cccc2c2nc(-c3ccc(Cl)cc3)nn12. The second-order valence-electron chi connectivity index (χ2n) is 6.94. The number of halogens is 2. The predicted molar refractivity (Wildman–Crippen MR) is 120 cm³/mol. The molecular formula is C20H17BrClN7O. The molecule has 3 N–H and O–H groups in total. The number of nitrogens with one attached hydrogen (secondary N) is 3. The molecule has 0 unspecified atom stereocenters. The lowest BCUT2D eigenvalue weighted by atomic mass is 10.2. The molecule has 152 valence electrons. The van der Waals surface area contributed by atoms with Gasteiger partial charge in [-0.25, -0.2) is 9.97 Å². The van der Waals surface area contributed by atoms with Crippen LogP contribution >= 0.6 is 27.5 Å². The van der Waals surface area contributed by atoms with E-state index in [1.807, 2.05) is 30.3 Å². The quantitative estimate of drug-likeness (QED) is 0.412. The number of aromatic nitrogens is 4. The maximum Gasteiger partial charge on any atom is 0.243 e. The van der Waals surface area contributed by atoms with Gasteiger partial charge in [-0.3, -0.25) is 4.79 Å². The fraction of sp³-hybridized carbons (Fsp3) is 0.200. The van der Waals surface area contributed by atoms with E-state index in [0.717, 1.165) is 27.5 Å². The summed E-state index contributed by atoms with van der Waals surface area (Å²) in [7, 11) is 0. The number of anilines is 1. The first-order valence-electron chi connectivity index (χ1n) is 9.46. The summed E-state index contributed by atoms with van der Waals surface area (Å²) in [6.45, 7) is 1.80. The number of benzene rings is 2. The van der Waals surface area contributed by atoms with Gasteiger partial charge in [-0.1, -0.05) is 17.7 Å². The Morgan fingerprint density at radius 1 is 1.13 bits per heavy atom. The molecule has 30 heavy (non-hydrogen) atoms. The highest BCUT2D eigenvalue weighted by Gasteiger charge is 2.23. The smallest absolute Gasteiger partial charge is 0.243 e. The van der Waals surface area contributed by atoms with Crippen LogP contribution in [0.1, 0.15) is 0 Å². The highest BCUT2D eigenvalue weighted by Crippen LogP contribution is 2.29. The first-order chi connectivity index (χ1) is 14.6. The second kappa shape index (κ2) is 7.82. The molecule has 5 rings (SSSR count). The van der Waals surface area contributed by atoms with Gasteiger partial charge in [0.25, 0.3) is 0 Å². The Labute approximate surface area is 185 Å². The minimum Gasteiger partial charge on any atom is -0.353 e. The topological polar surface area (TPSA) is 96.2 Å². The van der Waals surface area contributed by atoms with Gasteiger partial charge >= 0.3 is 0 Å². The van der Waals surface area contributed by atoms with E-state index in [1.54, 1.807) is 16.6 Å². The van der Waals surface area contributed by atoms with Gasteiger partial charge in [-0.2, -0.15) is 4.52 Å². The molecule has 10 heteroatoms. The van der Waals surface area contributed by atoms with Crippen molar-refractivity contribution in [2.24, 2.45) is 0 Å². The number of hydrogen-bond acceptors (Lipinski definition) is 6. The third-order valence-corrected chi connectivity index (χ3v) is 5.82. The van der Waals surface area contributed by atoms with Crippen LogP contribution in [0.25, 0.3) is 27.9 Å². The van der Waals surface area contributed by atoms with Crippen molar-refractivity contribution in [3.05, 3.63) is 52.0 Å². The van der Waals surface area contributed by atoms with E-state index < -0.39 is 6.04 Å². The number of carbonyl (C=O) groups is 1. The molecule has 1 amide bonds. The van der Waals surface area contributed by atoms with Gasteiger partial charge in [-0.05, 0) is 52.3 Å². The summed E-state index contributed by atoms with van der Waals surface area (Å²) in [5, 5.41) is 15.5. The third-order valence-electron chi connectivity index (χ3n) is 4.92. The molecule has 0 bridgehead atoms. The summed E-state index contributed by atoms with van der Waals surface area (Å²) < 4.78 is 2.49. The Morgan fingerprint density at radius 2 is 1.97 bits per heavy atom. The molecule has 8 nitrogen and oxygen atoms in total. The molecule has 1 atom stereocenters. The minimum atomic E-state index is -0.480. The van der Waals surface area contributed by atoms with Gasteiger partial charge in [-0.15, -0.1) is 5.10 Å². The zero-order valence-electron chi connectivity index (χ0n) is 15.7. The molecule has 4 aromatic rings. The molecule has 3 heterocycles. The fourth-order valence-electron chi connectivity index (χ4n) is 3.42. The molecule has 1 fully saturated rings. The summed E-state index contributed by atoms with van der Waals surface area (Å²) >= 11 is 9.59. The van der Waals surface area contributed by atoms with E-state index in [4.69, 9.17) is 21.6 Å². The van der Waals surface area contributed by atoms with Gasteiger partial charge in [0.05, 0.1) is 5.52 Å². The van der Waals surface area contributed by atoms with E-state index in [-0.39, 0.29) is 5.91 Å². The van der Waals surface area contributed by atoms with Crippen LogP contribution in [0.3, 0.4) is 0 Å². The Balaban J connectivity index is 1.68. The van der Waals surface area contributed by atoms with Crippen LogP contribution in [0, 0.1) is 0 Å². The van der Waals surface area contributed by atoms with Gasteiger partial charge < -0.3 is 16.0 Å². The van der Waals surface area contributed by atoms with Crippen LogP contribution in [0.2, 0.25) is 5.02 Å². The monoisotopic (exact) mass is 485 g/mol. The average Bonchev–Trinajstić information content (AvgIpc) is 3.10. The van der Waals surface area contributed by atoms with E-state index in [1.165, 1.54) is 0 Å². The molecule has 1 aliphatic rings. The molecule has 0 saturated carbocycles. The van der Waals surface area contributed by atoms with Crippen molar-refractivity contribution in [3.63, 3.8) is 0 Å². The van der Waals surface area contributed by atoms with Crippen molar-refractivity contribution >= 4 is 55.9 Å². The second-order valence-corrected chi connectivity index (χ2v) is 8.23. The van der Waals surface area contributed by atoms with Crippen LogP contribution < -0.4 is 16.0 Å². The highest BCUT2D eigenvalue weighted by atomic mass is 79.9. The molecule has 0 aliphatic carbocycles. The number of hydrogen-bond donors (Lipinski definition) is 3. The number of amides is 1. The number of carbonyl (C=O) groups excluding carboxylic acids is 1. The number of para-hydroxylation sites is 1. The lowest BCUT2D eigenvalue weighted by Gasteiger charge is -2.17. The number of rotatable bonds is 3. The summed E-state index contributed by atoms with van der Waals surface area (Å²) in [5.41, 5.74) is 2.23. The molecular weight excluding hydrogens is 470 g/mol. The fourth-order valence-corrected chi connectivity index (χ4v) is 4.00. The van der Waals surface area contributed by atoms with Crippen molar-refractivity contribution in [3.8, 4) is 11.4 Å². The number of fused-ring (bicyclic) bond motifs is 3. The van der Waals surface area contributed by atoms with Gasteiger partial charge in [0.2, 0.25) is 11.9 Å². The maximum absolute atomic E-state index is 12.4. The molecule has 0 radical (unpaired) electrons. The van der Waals surface area contributed by atoms with Crippen LogP contribution in [0.4, 0.5) is 5.95 Å². The maximum atomic E-state index is 12.4. The summed E-state index contributed by atoms with van der Waals surface area (Å²) in [5.74, 6) is 0.911. The average molecular weight is 487 g/mol.